The lowest BCUT2D eigenvalue weighted by molar-refractivity contribution is -0.117. The maximum absolute atomic E-state index is 13.9. The Hall–Kier alpha value is -5.25. The summed E-state index contributed by atoms with van der Waals surface area (Å²) in [6.07, 6.45) is 7.95. The molecule has 4 aromatic carbocycles. The summed E-state index contributed by atoms with van der Waals surface area (Å²) in [6, 6.07) is 32.3. The maximum Gasteiger partial charge on any atom is 0.266 e. The number of carbonyl (C=O) groups is 2. The summed E-state index contributed by atoms with van der Waals surface area (Å²) >= 11 is 0. The van der Waals surface area contributed by atoms with Crippen LogP contribution in [-0.4, -0.2) is 37.1 Å². The lowest BCUT2D eigenvalue weighted by Crippen LogP contribution is -2.28. The minimum absolute atomic E-state index is 0.132. The van der Waals surface area contributed by atoms with E-state index >= 15 is 0 Å². The number of anilines is 1. The molecule has 0 saturated carbocycles. The van der Waals surface area contributed by atoms with E-state index in [9.17, 15) is 18.0 Å². The fraction of sp³-hybridized carbons (Fsp3) is 0.200. The van der Waals surface area contributed by atoms with Gasteiger partial charge < -0.3 is 15.1 Å². The molecule has 2 amide bonds. The highest BCUT2D eigenvalue weighted by Gasteiger charge is 2.23. The number of amides is 2. The largest absolute Gasteiger partial charge is 0.456 e. The Morgan fingerprint density at radius 1 is 0.898 bits per heavy atom. The molecule has 0 saturated heterocycles. The van der Waals surface area contributed by atoms with Crippen molar-refractivity contribution in [1.82, 2.24) is 5.32 Å². The third-order valence-electron chi connectivity index (χ3n) is 8.69. The van der Waals surface area contributed by atoms with Crippen LogP contribution in [0.1, 0.15) is 53.2 Å². The lowest BCUT2D eigenvalue weighted by Gasteiger charge is -2.23. The van der Waals surface area contributed by atoms with Gasteiger partial charge in [0.2, 0.25) is 5.91 Å². The SMILES string of the molecule is CC1(C)C=CC(c2ccc(C(Cc3ccc(C(=O)NCCS(=O)(=O)O)cc3)C(=O)Nc3ccc(-c4cc5ccccc5o4)cc3)cc2)=CC1. The molecule has 3 N–H and O–H groups in total. The standard InChI is InChI=1S/C40H38N2O6S/c1-40(2)21-19-29(20-22-40)28-11-13-30(14-12-28)35(25-27-7-9-32(10-8-27)38(43)41-23-24-49(45,46)47)39(44)42-34-17-15-31(16-18-34)37-26-33-5-3-4-6-36(33)48-37/h3-21,26,35H,22-25H2,1-2H3,(H,41,43)(H,42,44)(H,45,46,47). The van der Waals surface area contributed by atoms with Crippen molar-refractivity contribution in [2.24, 2.45) is 5.41 Å². The first-order valence-corrected chi connectivity index (χ1v) is 17.8. The summed E-state index contributed by atoms with van der Waals surface area (Å²) in [5.74, 6) is -0.983. The maximum atomic E-state index is 13.9. The summed E-state index contributed by atoms with van der Waals surface area (Å²) < 4.78 is 36.9. The Balaban J connectivity index is 1.20. The number of hydrogen-bond acceptors (Lipinski definition) is 5. The highest BCUT2D eigenvalue weighted by Crippen LogP contribution is 2.33. The molecule has 0 aliphatic heterocycles. The Morgan fingerprint density at radius 2 is 1.59 bits per heavy atom. The summed E-state index contributed by atoms with van der Waals surface area (Å²) in [7, 11) is -4.18. The normalized spacial score (nSPS) is 14.6. The molecule has 1 unspecified atom stereocenters. The van der Waals surface area contributed by atoms with Gasteiger partial charge in [0.05, 0.1) is 11.7 Å². The van der Waals surface area contributed by atoms with E-state index in [0.717, 1.165) is 51.0 Å². The van der Waals surface area contributed by atoms with E-state index in [4.69, 9.17) is 8.97 Å². The van der Waals surface area contributed by atoms with Crippen LogP contribution in [0.25, 0.3) is 27.9 Å². The number of benzene rings is 4. The van der Waals surface area contributed by atoms with Gasteiger partial charge in [-0.1, -0.05) is 86.7 Å². The Kier molecular flexibility index (Phi) is 9.67. The molecule has 1 aromatic heterocycles. The molecule has 1 aliphatic rings. The number of furan rings is 1. The molecule has 9 heteroatoms. The molecule has 0 radical (unpaired) electrons. The summed E-state index contributed by atoms with van der Waals surface area (Å²) in [4.78, 5) is 26.4. The zero-order valence-electron chi connectivity index (χ0n) is 27.3. The van der Waals surface area contributed by atoms with Crippen molar-refractivity contribution in [2.75, 3.05) is 17.6 Å². The molecular weight excluding hydrogens is 637 g/mol. The summed E-state index contributed by atoms with van der Waals surface area (Å²) in [5.41, 5.74) is 6.78. The average Bonchev–Trinajstić information content (AvgIpc) is 3.52. The number of rotatable bonds is 11. The van der Waals surface area contributed by atoms with Crippen molar-refractivity contribution in [2.45, 2.75) is 32.6 Å². The predicted molar refractivity (Wildman–Crippen MR) is 194 cm³/mol. The molecule has 0 fully saturated rings. The molecule has 1 heterocycles. The van der Waals surface area contributed by atoms with E-state index in [-0.39, 0.29) is 17.9 Å². The lowest BCUT2D eigenvalue weighted by atomic mass is 9.82. The number of para-hydroxylation sites is 1. The van der Waals surface area contributed by atoms with Crippen LogP contribution in [0.3, 0.4) is 0 Å². The first-order chi connectivity index (χ1) is 23.4. The second kappa shape index (κ2) is 14.1. The molecule has 0 bridgehead atoms. The molecule has 6 rings (SSSR count). The van der Waals surface area contributed by atoms with Crippen LogP contribution in [0, 0.1) is 5.41 Å². The second-order valence-electron chi connectivity index (χ2n) is 13.0. The van der Waals surface area contributed by atoms with Crippen LogP contribution in [0.5, 0.6) is 0 Å². The third-order valence-corrected chi connectivity index (χ3v) is 9.41. The van der Waals surface area contributed by atoms with Gasteiger partial charge in [-0.05, 0) is 89.1 Å². The fourth-order valence-electron chi connectivity index (χ4n) is 5.80. The van der Waals surface area contributed by atoms with Gasteiger partial charge in [-0.2, -0.15) is 8.42 Å². The molecule has 49 heavy (non-hydrogen) atoms. The van der Waals surface area contributed by atoms with E-state index in [2.05, 4.69) is 42.7 Å². The van der Waals surface area contributed by atoms with Crippen molar-refractivity contribution in [3.63, 3.8) is 0 Å². The monoisotopic (exact) mass is 674 g/mol. The minimum Gasteiger partial charge on any atom is -0.456 e. The van der Waals surface area contributed by atoms with Crippen molar-refractivity contribution in [1.29, 1.82) is 0 Å². The Labute approximate surface area is 286 Å². The highest BCUT2D eigenvalue weighted by molar-refractivity contribution is 7.85. The number of nitrogens with one attached hydrogen (secondary N) is 2. The van der Waals surface area contributed by atoms with E-state index in [1.165, 1.54) is 0 Å². The molecule has 1 aliphatic carbocycles. The third kappa shape index (κ3) is 8.62. The van der Waals surface area contributed by atoms with Gasteiger partial charge in [0.1, 0.15) is 11.3 Å². The van der Waals surface area contributed by atoms with Crippen molar-refractivity contribution in [3.8, 4) is 11.3 Å². The van der Waals surface area contributed by atoms with Crippen LogP contribution in [-0.2, 0) is 21.3 Å². The Morgan fingerprint density at radius 3 is 2.24 bits per heavy atom. The topological polar surface area (TPSA) is 126 Å². The summed E-state index contributed by atoms with van der Waals surface area (Å²) in [5, 5.41) is 6.60. The van der Waals surface area contributed by atoms with E-state index < -0.39 is 27.7 Å². The molecule has 8 nitrogen and oxygen atoms in total. The zero-order chi connectivity index (χ0) is 34.6. The van der Waals surface area contributed by atoms with Gasteiger partial charge in [-0.3, -0.25) is 14.1 Å². The van der Waals surface area contributed by atoms with E-state index in [1.807, 2.05) is 78.9 Å². The predicted octanol–water partition coefficient (Wildman–Crippen LogP) is 8.05. The minimum atomic E-state index is -4.18. The van der Waals surface area contributed by atoms with Gasteiger partial charge in [-0.25, -0.2) is 0 Å². The van der Waals surface area contributed by atoms with Crippen LogP contribution >= 0.6 is 0 Å². The van der Waals surface area contributed by atoms with Crippen molar-refractivity contribution >= 4 is 44.2 Å². The van der Waals surface area contributed by atoms with Crippen molar-refractivity contribution < 1.29 is 27.0 Å². The molecule has 0 spiro atoms. The highest BCUT2D eigenvalue weighted by atomic mass is 32.2. The van der Waals surface area contributed by atoms with Crippen LogP contribution < -0.4 is 10.6 Å². The van der Waals surface area contributed by atoms with Gasteiger partial charge in [0.25, 0.3) is 16.0 Å². The number of allylic oxidation sites excluding steroid dienone is 4. The summed E-state index contributed by atoms with van der Waals surface area (Å²) in [6.45, 7) is 4.21. The number of hydrogen-bond donors (Lipinski definition) is 3. The van der Waals surface area contributed by atoms with Crippen LogP contribution in [0.4, 0.5) is 5.69 Å². The number of fused-ring (bicyclic) bond motifs is 1. The molecular formula is C40H38N2O6S. The fourth-order valence-corrected chi connectivity index (χ4v) is 6.16. The molecule has 1 atom stereocenters. The van der Waals surface area contributed by atoms with Crippen LogP contribution in [0.15, 0.2) is 126 Å². The van der Waals surface area contributed by atoms with Crippen molar-refractivity contribution in [3.05, 3.63) is 144 Å². The second-order valence-corrected chi connectivity index (χ2v) is 14.6. The Bertz CT molecular complexity index is 2110. The molecule has 5 aromatic rings. The first-order valence-electron chi connectivity index (χ1n) is 16.1. The van der Waals surface area contributed by atoms with E-state index in [0.29, 0.717) is 17.7 Å². The quantitative estimate of drug-likeness (QED) is 0.122. The van der Waals surface area contributed by atoms with Gasteiger partial charge in [0.15, 0.2) is 0 Å². The van der Waals surface area contributed by atoms with Gasteiger partial charge in [-0.15, -0.1) is 0 Å². The van der Waals surface area contributed by atoms with Gasteiger partial charge >= 0.3 is 0 Å². The smallest absolute Gasteiger partial charge is 0.266 e. The van der Waals surface area contributed by atoms with Crippen LogP contribution in [0.2, 0.25) is 0 Å². The first kappa shape index (κ1) is 33.6. The zero-order valence-corrected chi connectivity index (χ0v) is 28.2. The average molecular weight is 675 g/mol. The molecule has 250 valence electrons. The van der Waals surface area contributed by atoms with E-state index in [1.54, 1.807) is 24.3 Å². The van der Waals surface area contributed by atoms with Gasteiger partial charge in [0, 0.05) is 28.7 Å². The number of carbonyl (C=O) groups excluding carboxylic acids is 2.